The summed E-state index contributed by atoms with van der Waals surface area (Å²) in [5.74, 6) is 0.290. The summed E-state index contributed by atoms with van der Waals surface area (Å²) in [6.07, 6.45) is 1.31. The van der Waals surface area contributed by atoms with E-state index in [0.29, 0.717) is 43.9 Å². The van der Waals surface area contributed by atoms with Crippen molar-refractivity contribution in [3.05, 3.63) is 29.8 Å². The molecule has 1 aromatic rings. The molecule has 1 amide bonds. The molecule has 5 heteroatoms. The standard InChI is InChI=1S/C16H21NO4/c1-3-21-16(19)12-8-10-17(11-9-12)15(18)13-6-4-5-7-14(13)20-2/h4-7,12H,3,8-11H2,1-2H3. The predicted octanol–water partition coefficient (Wildman–Crippen LogP) is 2.11. The van der Waals surface area contributed by atoms with Gasteiger partial charge in [-0.1, -0.05) is 12.1 Å². The zero-order chi connectivity index (χ0) is 15.2. The van der Waals surface area contributed by atoms with Crippen molar-refractivity contribution in [2.75, 3.05) is 26.8 Å². The fourth-order valence-electron chi connectivity index (χ4n) is 2.57. The Morgan fingerprint density at radius 3 is 2.52 bits per heavy atom. The van der Waals surface area contributed by atoms with E-state index in [9.17, 15) is 9.59 Å². The lowest BCUT2D eigenvalue weighted by Crippen LogP contribution is -2.40. The van der Waals surface area contributed by atoms with Gasteiger partial charge in [-0.2, -0.15) is 0 Å². The van der Waals surface area contributed by atoms with E-state index in [1.165, 1.54) is 0 Å². The van der Waals surface area contributed by atoms with Crippen LogP contribution >= 0.6 is 0 Å². The summed E-state index contributed by atoms with van der Waals surface area (Å²) in [6.45, 7) is 3.35. The van der Waals surface area contributed by atoms with Gasteiger partial charge < -0.3 is 14.4 Å². The van der Waals surface area contributed by atoms with Crippen molar-refractivity contribution < 1.29 is 19.1 Å². The highest BCUT2D eigenvalue weighted by Gasteiger charge is 2.29. The Morgan fingerprint density at radius 1 is 1.24 bits per heavy atom. The Kier molecular flexibility index (Phi) is 5.20. The van der Waals surface area contributed by atoms with Crippen molar-refractivity contribution >= 4 is 11.9 Å². The minimum Gasteiger partial charge on any atom is -0.496 e. The summed E-state index contributed by atoms with van der Waals surface area (Å²) in [7, 11) is 1.55. The van der Waals surface area contributed by atoms with Crippen LogP contribution < -0.4 is 4.74 Å². The zero-order valence-corrected chi connectivity index (χ0v) is 12.5. The van der Waals surface area contributed by atoms with E-state index in [4.69, 9.17) is 9.47 Å². The molecule has 1 heterocycles. The molecule has 114 valence electrons. The second-order valence-electron chi connectivity index (χ2n) is 5.02. The summed E-state index contributed by atoms with van der Waals surface area (Å²) in [5.41, 5.74) is 0.564. The molecule has 1 aromatic carbocycles. The number of hydrogen-bond donors (Lipinski definition) is 0. The molecule has 5 nitrogen and oxygen atoms in total. The van der Waals surface area contributed by atoms with Crippen LogP contribution in [-0.4, -0.2) is 43.6 Å². The summed E-state index contributed by atoms with van der Waals surface area (Å²) >= 11 is 0. The maximum Gasteiger partial charge on any atom is 0.309 e. The lowest BCUT2D eigenvalue weighted by molar-refractivity contribution is -0.149. The molecule has 0 atom stereocenters. The quantitative estimate of drug-likeness (QED) is 0.797. The molecule has 0 unspecified atom stereocenters. The fraction of sp³-hybridized carbons (Fsp3) is 0.500. The van der Waals surface area contributed by atoms with Gasteiger partial charge in [0, 0.05) is 13.1 Å². The third-order valence-electron chi connectivity index (χ3n) is 3.74. The van der Waals surface area contributed by atoms with Gasteiger partial charge in [-0.15, -0.1) is 0 Å². The topological polar surface area (TPSA) is 55.8 Å². The average molecular weight is 291 g/mol. The monoisotopic (exact) mass is 291 g/mol. The molecule has 0 radical (unpaired) electrons. The summed E-state index contributed by atoms with van der Waals surface area (Å²) in [5, 5.41) is 0. The van der Waals surface area contributed by atoms with Gasteiger partial charge in [-0.25, -0.2) is 0 Å². The zero-order valence-electron chi connectivity index (χ0n) is 12.5. The van der Waals surface area contributed by atoms with Crippen molar-refractivity contribution in [2.45, 2.75) is 19.8 Å². The number of para-hydroxylation sites is 1. The first-order valence-electron chi connectivity index (χ1n) is 7.26. The second kappa shape index (κ2) is 7.11. The highest BCUT2D eigenvalue weighted by atomic mass is 16.5. The van der Waals surface area contributed by atoms with E-state index in [1.807, 2.05) is 12.1 Å². The molecule has 0 saturated carbocycles. The van der Waals surface area contributed by atoms with Gasteiger partial charge in [0.2, 0.25) is 0 Å². The van der Waals surface area contributed by atoms with Crippen LogP contribution in [0.3, 0.4) is 0 Å². The van der Waals surface area contributed by atoms with E-state index in [2.05, 4.69) is 0 Å². The lowest BCUT2D eigenvalue weighted by atomic mass is 9.96. The maximum absolute atomic E-state index is 12.5. The Labute approximate surface area is 124 Å². The number of carbonyl (C=O) groups is 2. The number of amides is 1. The summed E-state index contributed by atoms with van der Waals surface area (Å²) in [4.78, 5) is 26.0. The van der Waals surface area contributed by atoms with Crippen LogP contribution in [0.25, 0.3) is 0 Å². The van der Waals surface area contributed by atoms with Crippen molar-refractivity contribution in [3.63, 3.8) is 0 Å². The number of likely N-dealkylation sites (tertiary alicyclic amines) is 1. The van der Waals surface area contributed by atoms with Crippen molar-refractivity contribution in [2.24, 2.45) is 5.92 Å². The van der Waals surface area contributed by atoms with E-state index >= 15 is 0 Å². The van der Waals surface area contributed by atoms with E-state index in [-0.39, 0.29) is 17.8 Å². The third-order valence-corrected chi connectivity index (χ3v) is 3.74. The number of esters is 1. The molecule has 1 fully saturated rings. The van der Waals surface area contributed by atoms with Crippen LogP contribution in [0.4, 0.5) is 0 Å². The number of piperidine rings is 1. The fourth-order valence-corrected chi connectivity index (χ4v) is 2.57. The first kappa shape index (κ1) is 15.4. The largest absolute Gasteiger partial charge is 0.496 e. The van der Waals surface area contributed by atoms with Crippen molar-refractivity contribution in [1.29, 1.82) is 0 Å². The summed E-state index contributed by atoms with van der Waals surface area (Å²) in [6, 6.07) is 7.20. The van der Waals surface area contributed by atoms with Crippen LogP contribution in [0, 0.1) is 5.92 Å². The number of rotatable bonds is 4. The second-order valence-corrected chi connectivity index (χ2v) is 5.02. The van der Waals surface area contributed by atoms with E-state index in [0.717, 1.165) is 0 Å². The Bertz CT molecular complexity index is 507. The first-order chi connectivity index (χ1) is 10.2. The molecule has 21 heavy (non-hydrogen) atoms. The molecular weight excluding hydrogens is 270 g/mol. The molecule has 0 spiro atoms. The average Bonchev–Trinajstić information content (AvgIpc) is 2.54. The minimum absolute atomic E-state index is 0.0465. The highest BCUT2D eigenvalue weighted by molar-refractivity contribution is 5.97. The van der Waals surface area contributed by atoms with Gasteiger partial charge in [0.15, 0.2) is 0 Å². The molecule has 1 saturated heterocycles. The molecule has 1 aliphatic rings. The normalized spacial score (nSPS) is 15.6. The predicted molar refractivity (Wildman–Crippen MR) is 78.3 cm³/mol. The SMILES string of the molecule is CCOC(=O)C1CCN(C(=O)c2ccccc2OC)CC1. The van der Waals surface area contributed by atoms with Gasteiger partial charge in [0.05, 0.1) is 25.2 Å². The van der Waals surface area contributed by atoms with E-state index in [1.54, 1.807) is 31.1 Å². The van der Waals surface area contributed by atoms with Crippen LogP contribution in [-0.2, 0) is 9.53 Å². The Morgan fingerprint density at radius 2 is 1.90 bits per heavy atom. The molecule has 0 N–H and O–H groups in total. The molecule has 0 aromatic heterocycles. The number of carbonyl (C=O) groups excluding carboxylic acids is 2. The number of nitrogens with zero attached hydrogens (tertiary/aromatic N) is 1. The molecule has 2 rings (SSSR count). The summed E-state index contributed by atoms with van der Waals surface area (Å²) < 4.78 is 10.3. The van der Waals surface area contributed by atoms with Gasteiger partial charge in [-0.3, -0.25) is 9.59 Å². The van der Waals surface area contributed by atoms with Crippen LogP contribution in [0.15, 0.2) is 24.3 Å². The third kappa shape index (κ3) is 3.54. The number of ether oxygens (including phenoxy) is 2. The number of hydrogen-bond acceptors (Lipinski definition) is 4. The highest BCUT2D eigenvalue weighted by Crippen LogP contribution is 2.24. The Balaban J connectivity index is 1.99. The van der Waals surface area contributed by atoms with Gasteiger partial charge in [0.1, 0.15) is 5.75 Å². The lowest BCUT2D eigenvalue weighted by Gasteiger charge is -2.31. The Hall–Kier alpha value is -2.04. The van der Waals surface area contributed by atoms with Crippen LogP contribution in [0.2, 0.25) is 0 Å². The minimum atomic E-state index is -0.151. The van der Waals surface area contributed by atoms with E-state index < -0.39 is 0 Å². The molecule has 1 aliphatic heterocycles. The smallest absolute Gasteiger partial charge is 0.309 e. The van der Waals surface area contributed by atoms with Gasteiger partial charge in [-0.05, 0) is 31.9 Å². The number of benzene rings is 1. The number of methoxy groups -OCH3 is 1. The molecule has 0 bridgehead atoms. The van der Waals surface area contributed by atoms with Crippen LogP contribution in [0.5, 0.6) is 5.75 Å². The maximum atomic E-state index is 12.5. The van der Waals surface area contributed by atoms with Gasteiger partial charge >= 0.3 is 5.97 Å². The van der Waals surface area contributed by atoms with Crippen molar-refractivity contribution in [3.8, 4) is 5.75 Å². The first-order valence-corrected chi connectivity index (χ1v) is 7.26. The van der Waals surface area contributed by atoms with Crippen LogP contribution in [0.1, 0.15) is 30.1 Å². The van der Waals surface area contributed by atoms with Crippen molar-refractivity contribution in [1.82, 2.24) is 4.90 Å². The van der Waals surface area contributed by atoms with Gasteiger partial charge in [0.25, 0.3) is 5.91 Å². The molecular formula is C16H21NO4. The molecule has 0 aliphatic carbocycles.